The van der Waals surface area contributed by atoms with E-state index in [9.17, 15) is 22.8 Å². The number of carbonyl (C=O) groups is 2. The Balaban J connectivity index is 1.49. The van der Waals surface area contributed by atoms with E-state index >= 15 is 0 Å². The van der Waals surface area contributed by atoms with Gasteiger partial charge in [0.05, 0.1) is 22.1 Å². The number of hydrogen-bond donors (Lipinski definition) is 5. The molecular weight excluding hydrogens is 532 g/mol. The maximum absolute atomic E-state index is 12.9. The number of H-pyrrole nitrogens is 1. The fraction of sp³-hybridized carbons (Fsp3) is 0.214. The number of nitrogens with one attached hydrogen (secondary N) is 3. The number of nitrogens with two attached hydrogens (primary N) is 1. The van der Waals surface area contributed by atoms with Crippen molar-refractivity contribution < 1.29 is 18.0 Å². The van der Waals surface area contributed by atoms with Crippen molar-refractivity contribution in [2.45, 2.75) is 37.9 Å². The minimum atomic E-state index is -2.79. The minimum absolute atomic E-state index is 0.0237. The predicted octanol–water partition coefficient (Wildman–Crippen LogP) is 2.98. The average Bonchev–Trinajstić information content (AvgIpc) is 2.93. The molecule has 0 bridgehead atoms. The van der Waals surface area contributed by atoms with Crippen molar-refractivity contribution in [3.8, 4) is 0 Å². The second-order valence-electron chi connectivity index (χ2n) is 9.45. The van der Waals surface area contributed by atoms with Crippen molar-refractivity contribution in [3.05, 3.63) is 93.0 Å². The summed E-state index contributed by atoms with van der Waals surface area (Å²) >= 11 is 0. The number of fused-ring (bicyclic) bond motifs is 1. The molecule has 1 atom stereocenters. The number of rotatable bonds is 9. The Morgan fingerprint density at radius 2 is 1.80 bits per heavy atom. The molecule has 0 radical (unpaired) electrons. The number of carbonyl (C=O) groups excluding carboxylic acids is 2. The van der Waals surface area contributed by atoms with Crippen LogP contribution >= 0.6 is 0 Å². The van der Waals surface area contributed by atoms with Gasteiger partial charge in [0, 0.05) is 31.5 Å². The summed E-state index contributed by atoms with van der Waals surface area (Å²) in [6.07, 6.45) is 2.14. The number of thiol groups is 1. The molecule has 4 rings (SSSR count). The number of aldehydes is 1. The highest BCUT2D eigenvalue weighted by Crippen LogP contribution is 2.26. The lowest BCUT2D eigenvalue weighted by molar-refractivity contribution is -0.108. The molecule has 12 heteroatoms. The maximum Gasteiger partial charge on any atom is 0.321 e. The first-order valence-electron chi connectivity index (χ1n) is 12.4. The van der Waals surface area contributed by atoms with E-state index in [4.69, 9.17) is 5.73 Å². The van der Waals surface area contributed by atoms with Crippen LogP contribution in [0.5, 0.6) is 0 Å². The van der Waals surface area contributed by atoms with Crippen LogP contribution in [0.4, 0.5) is 16.2 Å². The molecule has 0 saturated carbocycles. The Morgan fingerprint density at radius 1 is 1.10 bits per heavy atom. The van der Waals surface area contributed by atoms with Crippen molar-refractivity contribution in [2.75, 3.05) is 17.7 Å². The summed E-state index contributed by atoms with van der Waals surface area (Å²) in [6.45, 7) is 4.15. The Hall–Kier alpha value is -4.55. The summed E-state index contributed by atoms with van der Waals surface area (Å²) in [6, 6.07) is 12.4. The number of benzene rings is 3. The first-order chi connectivity index (χ1) is 19.1. The summed E-state index contributed by atoms with van der Waals surface area (Å²) in [4.78, 5) is 45.4. The molecule has 4 aromatic rings. The van der Waals surface area contributed by atoms with E-state index in [1.165, 1.54) is 23.4 Å². The van der Waals surface area contributed by atoms with Crippen LogP contribution in [-0.2, 0) is 28.6 Å². The van der Waals surface area contributed by atoms with Crippen LogP contribution in [0.3, 0.4) is 0 Å². The molecule has 0 aliphatic rings. The molecule has 3 aromatic carbocycles. The van der Waals surface area contributed by atoms with Gasteiger partial charge in [0.15, 0.2) is 10.7 Å². The molecule has 2 amide bonds. The molecule has 11 nitrogen and oxygen atoms in total. The van der Waals surface area contributed by atoms with Gasteiger partial charge in [-0.15, -0.1) is 0 Å². The summed E-state index contributed by atoms with van der Waals surface area (Å²) < 4.78 is 22.7. The average molecular weight is 563 g/mol. The van der Waals surface area contributed by atoms with E-state index in [1.54, 1.807) is 31.3 Å². The molecule has 0 aliphatic heterocycles. The Labute approximate surface area is 232 Å². The molecule has 1 unspecified atom stereocenters. The van der Waals surface area contributed by atoms with Crippen LogP contribution in [0, 0.1) is 13.8 Å². The molecule has 208 valence electrons. The number of aromatic nitrogens is 2. The molecule has 5 N–H and O–H groups in total. The number of aryl methyl sites for hydroxylation is 2. The number of amides is 2. The molecular formula is C28H30N6O5S. The van der Waals surface area contributed by atoms with Gasteiger partial charge in [-0.05, 0) is 78.1 Å². The lowest BCUT2D eigenvalue weighted by atomic mass is 9.95. The van der Waals surface area contributed by atoms with Crippen molar-refractivity contribution in [1.82, 2.24) is 14.9 Å². The third-order valence-electron chi connectivity index (χ3n) is 6.67. The van der Waals surface area contributed by atoms with Crippen LogP contribution in [0.25, 0.3) is 10.9 Å². The quantitative estimate of drug-likeness (QED) is 0.153. The van der Waals surface area contributed by atoms with E-state index in [2.05, 4.69) is 20.6 Å². The van der Waals surface area contributed by atoms with Crippen molar-refractivity contribution >= 4 is 45.3 Å². The first kappa shape index (κ1) is 28.5. The number of nitrogens with zero attached hydrogens (tertiary/aromatic N) is 2. The summed E-state index contributed by atoms with van der Waals surface area (Å²) in [5.74, 6) is 0. The van der Waals surface area contributed by atoms with E-state index < -0.39 is 16.7 Å². The van der Waals surface area contributed by atoms with Gasteiger partial charge >= 0.3 is 6.03 Å². The molecule has 40 heavy (non-hydrogen) atoms. The van der Waals surface area contributed by atoms with Crippen molar-refractivity contribution in [1.29, 1.82) is 0 Å². The molecule has 1 aromatic heterocycles. The van der Waals surface area contributed by atoms with Crippen LogP contribution < -0.4 is 21.9 Å². The van der Waals surface area contributed by atoms with Crippen molar-refractivity contribution in [3.63, 3.8) is 0 Å². The lowest BCUT2D eigenvalue weighted by Gasteiger charge is -2.23. The highest BCUT2D eigenvalue weighted by molar-refractivity contribution is 7.72. The third-order valence-corrected chi connectivity index (χ3v) is 7.50. The largest absolute Gasteiger partial charge is 0.372 e. The van der Waals surface area contributed by atoms with Crippen LogP contribution in [-0.4, -0.2) is 42.7 Å². The molecule has 1 heterocycles. The zero-order chi connectivity index (χ0) is 29.0. The standard InChI is InChI=1S/C28H30N6O5S/c1-16-8-18(25(14-35)32-21-4-6-24-22(11-21)27(36)31-15-30-24)9-17(2)23(16)13-34(3)28(37)33-20-5-7-26(40(38)39)19(10-20)12-29/h4-11,14-15,25,32,40H,12-13,29H2,1-3H3,(H,33,37)(H,30,31,36). The van der Waals surface area contributed by atoms with Crippen molar-refractivity contribution in [2.24, 2.45) is 5.73 Å². The SMILES string of the molecule is Cc1cc(C(C=O)Nc2ccc3nc[nH]c(=O)c3c2)cc(C)c1CN(C)C(=O)Nc1ccc([SH](=O)=O)c(CN)c1. The zero-order valence-electron chi connectivity index (χ0n) is 22.2. The van der Waals surface area contributed by atoms with Gasteiger partial charge in [-0.1, -0.05) is 12.1 Å². The smallest absolute Gasteiger partial charge is 0.321 e. The van der Waals surface area contributed by atoms with Crippen LogP contribution in [0.15, 0.2) is 64.5 Å². The lowest BCUT2D eigenvalue weighted by Crippen LogP contribution is -2.31. The minimum Gasteiger partial charge on any atom is -0.372 e. The monoisotopic (exact) mass is 562 g/mol. The fourth-order valence-electron chi connectivity index (χ4n) is 4.52. The van der Waals surface area contributed by atoms with E-state index in [0.717, 1.165) is 28.5 Å². The van der Waals surface area contributed by atoms with Crippen LogP contribution in [0.1, 0.15) is 33.9 Å². The predicted molar refractivity (Wildman–Crippen MR) is 154 cm³/mol. The molecule has 0 aliphatic carbocycles. The van der Waals surface area contributed by atoms with Gasteiger partial charge < -0.3 is 31.0 Å². The summed E-state index contributed by atoms with van der Waals surface area (Å²) in [5.41, 5.74) is 10.9. The first-order valence-corrected chi connectivity index (χ1v) is 13.6. The van der Waals surface area contributed by atoms with Gasteiger partial charge in [0.2, 0.25) is 0 Å². The van der Waals surface area contributed by atoms with Gasteiger partial charge in [-0.3, -0.25) is 4.79 Å². The van der Waals surface area contributed by atoms with E-state index in [-0.39, 0.29) is 23.0 Å². The van der Waals surface area contributed by atoms with Crippen LogP contribution in [0.2, 0.25) is 0 Å². The zero-order valence-corrected chi connectivity index (χ0v) is 23.1. The van der Waals surface area contributed by atoms with E-state index in [1.807, 2.05) is 26.0 Å². The fourth-order valence-corrected chi connectivity index (χ4v) is 5.11. The van der Waals surface area contributed by atoms with Gasteiger partial charge in [-0.2, -0.15) is 0 Å². The second-order valence-corrected chi connectivity index (χ2v) is 10.4. The number of hydrogen-bond acceptors (Lipinski definition) is 8. The third kappa shape index (κ3) is 6.19. The number of urea groups is 1. The van der Waals surface area contributed by atoms with Gasteiger partial charge in [0.1, 0.15) is 12.3 Å². The summed E-state index contributed by atoms with van der Waals surface area (Å²) in [5, 5.41) is 6.36. The molecule has 0 spiro atoms. The number of anilines is 2. The molecule has 0 saturated heterocycles. The summed E-state index contributed by atoms with van der Waals surface area (Å²) in [7, 11) is -1.13. The number of aromatic amines is 1. The highest BCUT2D eigenvalue weighted by atomic mass is 32.2. The highest BCUT2D eigenvalue weighted by Gasteiger charge is 2.17. The topological polar surface area (TPSA) is 167 Å². The normalized spacial score (nSPS) is 11.8. The Kier molecular flexibility index (Phi) is 8.61. The van der Waals surface area contributed by atoms with E-state index in [0.29, 0.717) is 34.4 Å². The van der Waals surface area contributed by atoms with Gasteiger partial charge in [0.25, 0.3) is 5.56 Å². The molecule has 0 fully saturated rings. The second kappa shape index (κ2) is 12.1. The Bertz CT molecular complexity index is 1700. The Morgan fingerprint density at radius 3 is 2.45 bits per heavy atom. The maximum atomic E-state index is 12.9. The van der Waals surface area contributed by atoms with Gasteiger partial charge in [-0.25, -0.2) is 18.2 Å².